The number of carbonyl (C=O) groups is 1. The molecular weight excluding hydrogens is 426 g/mol. The first-order valence-corrected chi connectivity index (χ1v) is 10.2. The predicted octanol–water partition coefficient (Wildman–Crippen LogP) is 4.95. The first-order valence-electron chi connectivity index (χ1n) is 9.79. The number of ether oxygens (including phenoxy) is 2. The van der Waals surface area contributed by atoms with Gasteiger partial charge in [0.25, 0.3) is 5.91 Å². The van der Waals surface area contributed by atoms with Crippen LogP contribution < -0.4 is 20.1 Å². The summed E-state index contributed by atoms with van der Waals surface area (Å²) >= 11 is 5.35. The van der Waals surface area contributed by atoms with E-state index < -0.39 is 0 Å². The Kier molecular flexibility index (Phi) is 6.04. The highest BCUT2D eigenvalue weighted by atomic mass is 32.1. The molecule has 0 aliphatic carbocycles. The number of aromatic nitrogens is 1. The third-order valence-electron chi connectivity index (χ3n) is 4.91. The molecule has 4 aromatic rings. The highest BCUT2D eigenvalue weighted by Gasteiger charge is 2.15. The van der Waals surface area contributed by atoms with Gasteiger partial charge in [0, 0.05) is 17.3 Å². The van der Waals surface area contributed by atoms with Gasteiger partial charge in [0.2, 0.25) is 5.89 Å². The first-order chi connectivity index (χ1) is 15.5. The first kappa shape index (κ1) is 21.3. The molecule has 162 valence electrons. The molecule has 0 fully saturated rings. The third-order valence-corrected chi connectivity index (χ3v) is 5.11. The molecule has 0 saturated heterocycles. The van der Waals surface area contributed by atoms with Crippen LogP contribution in [-0.4, -0.2) is 30.2 Å². The lowest BCUT2D eigenvalue weighted by Crippen LogP contribution is -2.34. The third kappa shape index (κ3) is 4.40. The van der Waals surface area contributed by atoms with Crippen LogP contribution in [-0.2, 0) is 0 Å². The van der Waals surface area contributed by atoms with Crippen molar-refractivity contribution in [2.24, 2.45) is 0 Å². The van der Waals surface area contributed by atoms with Gasteiger partial charge in [0.1, 0.15) is 17.0 Å². The number of anilines is 1. The summed E-state index contributed by atoms with van der Waals surface area (Å²) in [7, 11) is 3.12. The maximum Gasteiger partial charge on any atom is 0.261 e. The molecule has 1 amide bonds. The maximum atomic E-state index is 12.6. The molecule has 0 unspecified atom stereocenters. The molecule has 3 aromatic carbocycles. The van der Waals surface area contributed by atoms with E-state index in [1.165, 1.54) is 7.11 Å². The smallest absolute Gasteiger partial charge is 0.261 e. The van der Waals surface area contributed by atoms with Crippen LogP contribution in [0.4, 0.5) is 5.69 Å². The van der Waals surface area contributed by atoms with Crippen LogP contribution in [0.5, 0.6) is 11.5 Å². The molecule has 0 aliphatic rings. The molecular formula is C24H21N3O4S. The summed E-state index contributed by atoms with van der Waals surface area (Å²) in [5.74, 6) is 1.29. The number of methoxy groups -OCH3 is 2. The van der Waals surface area contributed by atoms with E-state index in [9.17, 15) is 4.79 Å². The zero-order valence-corrected chi connectivity index (χ0v) is 18.6. The molecule has 8 heteroatoms. The SMILES string of the molecule is COc1ccc2oc(-c3ccc(C)c(NC(=S)NC(=O)c4ccccc4OC)c3)nc2c1. The van der Waals surface area contributed by atoms with Gasteiger partial charge in [0.15, 0.2) is 10.7 Å². The largest absolute Gasteiger partial charge is 0.497 e. The van der Waals surface area contributed by atoms with Crippen LogP contribution in [0.3, 0.4) is 0 Å². The zero-order valence-electron chi connectivity index (χ0n) is 17.8. The van der Waals surface area contributed by atoms with Crippen molar-refractivity contribution >= 4 is 40.0 Å². The standard InChI is InChI=1S/C24H21N3O4S/c1-14-8-9-15(23-25-19-13-16(29-2)10-11-21(19)31-23)12-18(14)26-24(32)27-22(28)17-6-4-5-7-20(17)30-3/h4-13H,1-3H3,(H2,26,27,28,32). The lowest BCUT2D eigenvalue weighted by Gasteiger charge is -2.13. The zero-order chi connectivity index (χ0) is 22.7. The van der Waals surface area contributed by atoms with Crippen molar-refractivity contribution in [3.05, 3.63) is 71.8 Å². The number of fused-ring (bicyclic) bond motifs is 1. The Bertz CT molecular complexity index is 1320. The Morgan fingerprint density at radius 1 is 1.03 bits per heavy atom. The highest BCUT2D eigenvalue weighted by molar-refractivity contribution is 7.80. The number of nitrogens with one attached hydrogen (secondary N) is 2. The van der Waals surface area contributed by atoms with Gasteiger partial charge in [-0.25, -0.2) is 4.98 Å². The lowest BCUT2D eigenvalue weighted by atomic mass is 10.1. The average molecular weight is 448 g/mol. The molecule has 0 atom stereocenters. The van der Waals surface area contributed by atoms with Crippen LogP contribution in [0, 0.1) is 6.92 Å². The number of oxazole rings is 1. The molecule has 4 rings (SSSR count). The fraction of sp³-hybridized carbons (Fsp3) is 0.125. The molecule has 0 spiro atoms. The van der Waals surface area contributed by atoms with Crippen molar-refractivity contribution in [2.75, 3.05) is 19.5 Å². The Hall–Kier alpha value is -3.91. The van der Waals surface area contributed by atoms with E-state index in [2.05, 4.69) is 15.6 Å². The Balaban J connectivity index is 1.54. The summed E-state index contributed by atoms with van der Waals surface area (Å²) in [5, 5.41) is 5.94. The molecule has 1 aromatic heterocycles. The fourth-order valence-corrected chi connectivity index (χ4v) is 3.41. The van der Waals surface area contributed by atoms with Crippen molar-refractivity contribution in [2.45, 2.75) is 6.92 Å². The van der Waals surface area contributed by atoms with Crippen molar-refractivity contribution < 1.29 is 18.7 Å². The minimum Gasteiger partial charge on any atom is -0.497 e. The number of para-hydroxylation sites is 1. The summed E-state index contributed by atoms with van der Waals surface area (Å²) < 4.78 is 16.4. The lowest BCUT2D eigenvalue weighted by molar-refractivity contribution is 0.0975. The second-order valence-corrected chi connectivity index (χ2v) is 7.40. The van der Waals surface area contributed by atoms with Gasteiger partial charge in [-0.15, -0.1) is 0 Å². The molecule has 1 heterocycles. The van der Waals surface area contributed by atoms with Gasteiger partial charge >= 0.3 is 0 Å². The van der Waals surface area contributed by atoms with Gasteiger partial charge in [-0.05, 0) is 61.1 Å². The average Bonchev–Trinajstić information content (AvgIpc) is 3.23. The number of thiocarbonyl (C=S) groups is 1. The Labute approximate surface area is 190 Å². The van der Waals surface area contributed by atoms with Crippen LogP contribution in [0.25, 0.3) is 22.6 Å². The topological polar surface area (TPSA) is 85.6 Å². The number of hydrogen-bond donors (Lipinski definition) is 2. The molecule has 0 saturated carbocycles. The number of nitrogens with zero attached hydrogens (tertiary/aromatic N) is 1. The quantitative estimate of drug-likeness (QED) is 0.419. The highest BCUT2D eigenvalue weighted by Crippen LogP contribution is 2.29. The molecule has 7 nitrogen and oxygen atoms in total. The van der Waals surface area contributed by atoms with Crippen LogP contribution in [0.15, 0.2) is 65.1 Å². The number of rotatable bonds is 5. The Morgan fingerprint density at radius 2 is 1.84 bits per heavy atom. The molecule has 0 aliphatic heterocycles. The van der Waals surface area contributed by atoms with Gasteiger partial charge in [-0.3, -0.25) is 10.1 Å². The van der Waals surface area contributed by atoms with Gasteiger partial charge < -0.3 is 19.2 Å². The second-order valence-electron chi connectivity index (χ2n) is 6.99. The summed E-state index contributed by atoms with van der Waals surface area (Å²) in [6.07, 6.45) is 0. The van der Waals surface area contributed by atoms with E-state index >= 15 is 0 Å². The number of benzene rings is 3. The fourth-order valence-electron chi connectivity index (χ4n) is 3.20. The van der Waals surface area contributed by atoms with Gasteiger partial charge in [0.05, 0.1) is 19.8 Å². The minimum atomic E-state index is -0.360. The molecule has 0 bridgehead atoms. The van der Waals surface area contributed by atoms with Crippen LogP contribution in [0.1, 0.15) is 15.9 Å². The maximum absolute atomic E-state index is 12.6. The van der Waals surface area contributed by atoms with E-state index in [4.69, 9.17) is 26.1 Å². The van der Waals surface area contributed by atoms with Crippen LogP contribution >= 0.6 is 12.2 Å². The normalized spacial score (nSPS) is 10.6. The van der Waals surface area contributed by atoms with Crippen molar-refractivity contribution in [3.63, 3.8) is 0 Å². The number of aryl methyl sites for hydroxylation is 1. The number of hydrogen-bond acceptors (Lipinski definition) is 6. The summed E-state index contributed by atoms with van der Waals surface area (Å²) in [5.41, 5.74) is 4.20. The van der Waals surface area contributed by atoms with Crippen molar-refractivity contribution in [1.29, 1.82) is 0 Å². The molecule has 32 heavy (non-hydrogen) atoms. The van der Waals surface area contributed by atoms with E-state index in [1.807, 2.05) is 43.3 Å². The second kappa shape index (κ2) is 9.07. The summed E-state index contributed by atoms with van der Waals surface area (Å²) in [6, 6.07) is 18.1. The van der Waals surface area contributed by atoms with Crippen LogP contribution in [0.2, 0.25) is 0 Å². The van der Waals surface area contributed by atoms with Gasteiger partial charge in [-0.2, -0.15) is 0 Å². The monoisotopic (exact) mass is 447 g/mol. The Morgan fingerprint density at radius 3 is 2.62 bits per heavy atom. The van der Waals surface area contributed by atoms with E-state index in [0.29, 0.717) is 34.1 Å². The number of amides is 1. The van der Waals surface area contributed by atoms with E-state index in [-0.39, 0.29) is 11.0 Å². The molecule has 2 N–H and O–H groups in total. The summed E-state index contributed by atoms with van der Waals surface area (Å²) in [6.45, 7) is 1.94. The van der Waals surface area contributed by atoms with Crippen molar-refractivity contribution in [1.82, 2.24) is 10.3 Å². The summed E-state index contributed by atoms with van der Waals surface area (Å²) in [4.78, 5) is 17.2. The van der Waals surface area contributed by atoms with Gasteiger partial charge in [-0.1, -0.05) is 18.2 Å². The molecule has 0 radical (unpaired) electrons. The predicted molar refractivity (Wildman–Crippen MR) is 127 cm³/mol. The van der Waals surface area contributed by atoms with E-state index in [1.54, 1.807) is 31.4 Å². The minimum absolute atomic E-state index is 0.170. The van der Waals surface area contributed by atoms with Crippen molar-refractivity contribution in [3.8, 4) is 23.0 Å². The van der Waals surface area contributed by atoms with E-state index in [0.717, 1.165) is 16.8 Å². The number of carbonyl (C=O) groups excluding carboxylic acids is 1.